The molecule has 0 bridgehead atoms. The van der Waals surface area contributed by atoms with Crippen LogP contribution in [0.5, 0.6) is 11.5 Å². The lowest BCUT2D eigenvalue weighted by Crippen LogP contribution is -2.46. The van der Waals surface area contributed by atoms with Crippen molar-refractivity contribution in [2.24, 2.45) is 14.1 Å². The fourth-order valence-corrected chi connectivity index (χ4v) is 3.56. The minimum absolute atomic E-state index is 0.255. The third-order valence-electron chi connectivity index (χ3n) is 5.32. The first kappa shape index (κ1) is 17.8. The highest BCUT2D eigenvalue weighted by Crippen LogP contribution is 2.32. The molecule has 0 spiro atoms. The second kappa shape index (κ2) is 7.21. The van der Waals surface area contributed by atoms with Crippen molar-refractivity contribution in [1.82, 2.24) is 18.9 Å². The Bertz CT molecular complexity index is 957. The maximum absolute atomic E-state index is 12.1. The molecule has 8 nitrogen and oxygen atoms in total. The minimum Gasteiger partial charge on any atom is -0.454 e. The van der Waals surface area contributed by atoms with Crippen LogP contribution in [0.3, 0.4) is 0 Å². The normalized spacial score (nSPS) is 17.4. The van der Waals surface area contributed by atoms with E-state index in [1.54, 1.807) is 17.7 Å². The van der Waals surface area contributed by atoms with Crippen LogP contribution in [0, 0.1) is 0 Å². The van der Waals surface area contributed by atoms with Gasteiger partial charge in [0.1, 0.15) is 0 Å². The minimum atomic E-state index is -0.279. The first-order chi connectivity index (χ1) is 13.0. The molecule has 144 valence electrons. The maximum Gasteiger partial charge on any atom is 0.330 e. The Labute approximate surface area is 157 Å². The van der Waals surface area contributed by atoms with Crippen molar-refractivity contribution >= 4 is 0 Å². The average molecular weight is 372 g/mol. The number of benzene rings is 1. The fraction of sp³-hybridized carbons (Fsp3) is 0.474. The molecule has 4 rings (SSSR count). The summed E-state index contributed by atoms with van der Waals surface area (Å²) < 4.78 is 13.5. The van der Waals surface area contributed by atoms with Gasteiger partial charge in [-0.25, -0.2) is 4.79 Å². The second-order valence-corrected chi connectivity index (χ2v) is 7.11. The zero-order valence-corrected chi connectivity index (χ0v) is 15.7. The van der Waals surface area contributed by atoms with Gasteiger partial charge in [-0.05, 0) is 17.7 Å². The van der Waals surface area contributed by atoms with Gasteiger partial charge in [0.15, 0.2) is 11.5 Å². The summed E-state index contributed by atoms with van der Waals surface area (Å²) in [5, 5.41) is 0. The van der Waals surface area contributed by atoms with Crippen LogP contribution in [-0.4, -0.2) is 51.9 Å². The molecule has 0 radical (unpaired) electrons. The molecule has 3 heterocycles. The largest absolute Gasteiger partial charge is 0.454 e. The van der Waals surface area contributed by atoms with Gasteiger partial charge in [-0.2, -0.15) is 0 Å². The van der Waals surface area contributed by atoms with Gasteiger partial charge < -0.3 is 9.47 Å². The summed E-state index contributed by atoms with van der Waals surface area (Å²) in [5.41, 5.74) is 1.43. The molecule has 1 aromatic carbocycles. The first-order valence-electron chi connectivity index (χ1n) is 9.10. The third-order valence-corrected chi connectivity index (χ3v) is 5.32. The van der Waals surface area contributed by atoms with Crippen LogP contribution < -0.4 is 20.7 Å². The van der Waals surface area contributed by atoms with Crippen LogP contribution in [0.4, 0.5) is 0 Å². The van der Waals surface area contributed by atoms with E-state index in [0.29, 0.717) is 13.3 Å². The van der Waals surface area contributed by atoms with Crippen LogP contribution in [0.1, 0.15) is 11.3 Å². The van der Waals surface area contributed by atoms with E-state index in [2.05, 4.69) is 15.9 Å². The van der Waals surface area contributed by atoms with E-state index in [1.807, 2.05) is 12.1 Å². The summed E-state index contributed by atoms with van der Waals surface area (Å²) in [7, 11) is 3.22. The Kier molecular flexibility index (Phi) is 4.75. The molecule has 2 aromatic rings. The number of nitrogens with zero attached hydrogens (tertiary/aromatic N) is 4. The highest BCUT2D eigenvalue weighted by Gasteiger charge is 2.20. The molecule has 0 atom stereocenters. The number of fused-ring (bicyclic) bond motifs is 1. The van der Waals surface area contributed by atoms with Gasteiger partial charge in [0, 0.05) is 65.1 Å². The van der Waals surface area contributed by atoms with E-state index < -0.39 is 0 Å². The Hall–Kier alpha value is -2.58. The van der Waals surface area contributed by atoms with Crippen molar-refractivity contribution in [3.8, 4) is 11.5 Å². The smallest absolute Gasteiger partial charge is 0.330 e. The lowest BCUT2D eigenvalue weighted by Gasteiger charge is -2.35. The van der Waals surface area contributed by atoms with Crippen LogP contribution >= 0.6 is 0 Å². The topological polar surface area (TPSA) is 68.9 Å². The molecule has 2 aliphatic rings. The molecule has 0 unspecified atom stereocenters. The van der Waals surface area contributed by atoms with Gasteiger partial charge in [-0.3, -0.25) is 23.7 Å². The van der Waals surface area contributed by atoms with Gasteiger partial charge in [-0.1, -0.05) is 6.07 Å². The second-order valence-electron chi connectivity index (χ2n) is 7.11. The highest BCUT2D eigenvalue weighted by molar-refractivity contribution is 5.44. The molecule has 27 heavy (non-hydrogen) atoms. The van der Waals surface area contributed by atoms with E-state index in [-0.39, 0.29) is 11.2 Å². The molecule has 0 amide bonds. The van der Waals surface area contributed by atoms with Crippen LogP contribution in [0.25, 0.3) is 0 Å². The van der Waals surface area contributed by atoms with Gasteiger partial charge in [0.2, 0.25) is 6.79 Å². The number of piperazine rings is 1. The van der Waals surface area contributed by atoms with Gasteiger partial charge in [-0.15, -0.1) is 0 Å². The van der Waals surface area contributed by atoms with Crippen molar-refractivity contribution < 1.29 is 9.47 Å². The maximum atomic E-state index is 12.1. The van der Waals surface area contributed by atoms with E-state index in [4.69, 9.17) is 9.47 Å². The number of aromatic nitrogens is 2. The molecule has 0 N–H and O–H groups in total. The molecule has 1 fully saturated rings. The summed E-state index contributed by atoms with van der Waals surface area (Å²) in [6.07, 6.45) is 0. The SMILES string of the molecule is Cn1c(CN2CCN(Cc3ccc4c(c3)OCO4)CC2)cc(=O)n(C)c1=O. The fourth-order valence-electron chi connectivity index (χ4n) is 3.56. The summed E-state index contributed by atoms with van der Waals surface area (Å²) >= 11 is 0. The summed E-state index contributed by atoms with van der Waals surface area (Å²) in [6.45, 7) is 5.44. The Morgan fingerprint density at radius 1 is 0.852 bits per heavy atom. The molecule has 0 saturated carbocycles. The molecular weight excluding hydrogens is 348 g/mol. The quantitative estimate of drug-likeness (QED) is 0.760. The number of ether oxygens (including phenoxy) is 2. The Morgan fingerprint density at radius 2 is 1.52 bits per heavy atom. The van der Waals surface area contributed by atoms with Crippen molar-refractivity contribution in [1.29, 1.82) is 0 Å². The summed E-state index contributed by atoms with van der Waals surface area (Å²) in [5.74, 6) is 1.63. The van der Waals surface area contributed by atoms with Crippen molar-refractivity contribution in [3.63, 3.8) is 0 Å². The van der Waals surface area contributed by atoms with Crippen molar-refractivity contribution in [2.75, 3.05) is 33.0 Å². The van der Waals surface area contributed by atoms with Gasteiger partial charge in [0.05, 0.1) is 0 Å². The number of hydrogen-bond acceptors (Lipinski definition) is 6. The lowest BCUT2D eigenvalue weighted by atomic mass is 10.1. The van der Waals surface area contributed by atoms with E-state index in [0.717, 1.165) is 54.5 Å². The average Bonchev–Trinajstić information content (AvgIpc) is 3.14. The molecule has 0 aliphatic carbocycles. The number of rotatable bonds is 4. The van der Waals surface area contributed by atoms with Crippen LogP contribution in [-0.2, 0) is 27.2 Å². The molecule has 1 saturated heterocycles. The zero-order valence-electron chi connectivity index (χ0n) is 15.7. The number of hydrogen-bond donors (Lipinski definition) is 0. The third kappa shape index (κ3) is 3.63. The predicted octanol–water partition coefficient (Wildman–Crippen LogP) is 0.131. The van der Waals surface area contributed by atoms with E-state index in [9.17, 15) is 9.59 Å². The standard InChI is InChI=1S/C19H24N4O4/c1-20-15(10-18(24)21(2)19(20)25)12-23-7-5-22(6-8-23)11-14-3-4-16-17(9-14)27-13-26-16/h3-4,9-10H,5-8,11-13H2,1-2H3. The predicted molar refractivity (Wildman–Crippen MR) is 100 cm³/mol. The van der Waals surface area contributed by atoms with Gasteiger partial charge in [0.25, 0.3) is 5.56 Å². The zero-order chi connectivity index (χ0) is 19.0. The van der Waals surface area contributed by atoms with Crippen LogP contribution in [0.15, 0.2) is 33.9 Å². The van der Waals surface area contributed by atoms with Crippen LogP contribution in [0.2, 0.25) is 0 Å². The summed E-state index contributed by atoms with van der Waals surface area (Å²) in [6, 6.07) is 7.64. The van der Waals surface area contributed by atoms with E-state index >= 15 is 0 Å². The highest BCUT2D eigenvalue weighted by atomic mass is 16.7. The molecule has 1 aromatic heterocycles. The monoisotopic (exact) mass is 372 g/mol. The Morgan fingerprint density at radius 3 is 2.26 bits per heavy atom. The van der Waals surface area contributed by atoms with E-state index in [1.165, 1.54) is 12.6 Å². The van der Waals surface area contributed by atoms with Crippen molar-refractivity contribution in [2.45, 2.75) is 13.1 Å². The summed E-state index contributed by atoms with van der Waals surface area (Å²) in [4.78, 5) is 28.6. The van der Waals surface area contributed by atoms with Crippen molar-refractivity contribution in [3.05, 3.63) is 56.4 Å². The Balaban J connectivity index is 1.36. The first-order valence-corrected chi connectivity index (χ1v) is 9.10. The lowest BCUT2D eigenvalue weighted by molar-refractivity contribution is 0.119. The molecule has 8 heteroatoms. The molecular formula is C19H24N4O4. The molecule has 2 aliphatic heterocycles. The van der Waals surface area contributed by atoms with Gasteiger partial charge >= 0.3 is 5.69 Å².